The van der Waals surface area contributed by atoms with E-state index in [1.54, 1.807) is 13.8 Å². The third-order valence-corrected chi connectivity index (χ3v) is 8.65. The highest BCUT2D eigenvalue weighted by atomic mass is 16.4. The number of Topliss-reactive ketones (excluding diaryl/α,β-unsaturated/α-hetero) is 1. The third kappa shape index (κ3) is 13.1. The van der Waals surface area contributed by atoms with E-state index >= 15 is 0 Å². The predicted molar refractivity (Wildman–Crippen MR) is 198 cm³/mol. The van der Waals surface area contributed by atoms with Crippen molar-refractivity contribution >= 4 is 29.4 Å². The normalized spacial score (nSPS) is 13.8. The zero-order chi connectivity index (χ0) is 40.2. The number of phenolic OH excluding ortho intramolecular Hbond substituents is 2. The van der Waals surface area contributed by atoms with E-state index in [-0.39, 0.29) is 75.8 Å². The van der Waals surface area contributed by atoms with Crippen LogP contribution in [0.2, 0.25) is 0 Å². The summed E-state index contributed by atoms with van der Waals surface area (Å²) in [7, 11) is 0. The maximum atomic E-state index is 12.7. The van der Waals surface area contributed by atoms with E-state index in [9.17, 15) is 39.3 Å². The van der Waals surface area contributed by atoms with Crippen LogP contribution in [0.5, 0.6) is 17.2 Å². The Kier molecular flexibility index (Phi) is 15.5. The third-order valence-electron chi connectivity index (χ3n) is 8.65. The Bertz CT molecular complexity index is 1730. The second kappa shape index (κ2) is 19.5. The smallest absolute Gasteiger partial charge is 0.286 e. The number of phenols is 2. The molecule has 3 aromatic rings. The van der Waals surface area contributed by atoms with Gasteiger partial charge < -0.3 is 40.6 Å². The number of amides is 4. The number of hydrogen-bond donors (Lipinski definition) is 6. The molecule has 0 spiro atoms. The molecule has 2 aromatic heterocycles. The summed E-state index contributed by atoms with van der Waals surface area (Å²) in [5.41, 5.74) is 0.0570. The van der Waals surface area contributed by atoms with Gasteiger partial charge in [-0.2, -0.15) is 0 Å². The molecular weight excluding hydrogens is 698 g/mol. The van der Waals surface area contributed by atoms with Crippen LogP contribution in [0.1, 0.15) is 108 Å². The molecule has 3 heterocycles. The molecule has 1 saturated heterocycles. The SMILES string of the molecule is CC(=O)NC(C(=O)c1nnc(-c2cc(O)cc(O)c2)o1)C(C)C.CC(C)C(NC(=O)CCCCC(C)(C)NC(=O)c1ccc(O)cn1)C(=O)N1CCCC1. The molecule has 294 valence electrons. The van der Waals surface area contributed by atoms with E-state index in [1.807, 2.05) is 32.6 Å². The van der Waals surface area contributed by atoms with Crippen LogP contribution >= 0.6 is 0 Å². The first-order chi connectivity index (χ1) is 25.4. The second-order valence-corrected chi connectivity index (χ2v) is 14.7. The fourth-order valence-electron chi connectivity index (χ4n) is 5.75. The van der Waals surface area contributed by atoms with Gasteiger partial charge in [0, 0.05) is 43.6 Å². The maximum absolute atomic E-state index is 12.7. The van der Waals surface area contributed by atoms with Crippen LogP contribution < -0.4 is 16.0 Å². The lowest BCUT2D eigenvalue weighted by Gasteiger charge is -2.27. The highest BCUT2D eigenvalue weighted by Gasteiger charge is 2.31. The molecule has 4 amide bonds. The minimum absolute atomic E-state index is 0.0101. The van der Waals surface area contributed by atoms with E-state index < -0.39 is 23.4 Å². The van der Waals surface area contributed by atoms with E-state index in [1.165, 1.54) is 37.4 Å². The molecule has 16 heteroatoms. The minimum Gasteiger partial charge on any atom is -0.508 e. The highest BCUT2D eigenvalue weighted by molar-refractivity contribution is 5.98. The number of benzene rings is 1. The van der Waals surface area contributed by atoms with Crippen molar-refractivity contribution in [3.63, 3.8) is 0 Å². The Morgan fingerprint density at radius 3 is 2.04 bits per heavy atom. The number of aromatic nitrogens is 3. The Morgan fingerprint density at radius 1 is 0.852 bits per heavy atom. The van der Waals surface area contributed by atoms with E-state index in [0.717, 1.165) is 38.4 Å². The Hall–Kier alpha value is -5.54. The Morgan fingerprint density at radius 2 is 1.48 bits per heavy atom. The van der Waals surface area contributed by atoms with Crippen molar-refractivity contribution < 1.29 is 43.7 Å². The number of carbonyl (C=O) groups excluding carboxylic acids is 5. The molecule has 2 unspecified atom stereocenters. The van der Waals surface area contributed by atoms with Crippen LogP contribution in [0.15, 0.2) is 40.9 Å². The highest BCUT2D eigenvalue weighted by Crippen LogP contribution is 2.28. The summed E-state index contributed by atoms with van der Waals surface area (Å²) in [4.78, 5) is 66.8. The lowest BCUT2D eigenvalue weighted by Crippen LogP contribution is -2.50. The van der Waals surface area contributed by atoms with Gasteiger partial charge in [0.15, 0.2) is 0 Å². The molecule has 16 nitrogen and oxygen atoms in total. The monoisotopic (exact) mass is 751 g/mol. The van der Waals surface area contributed by atoms with Crippen LogP contribution in [-0.4, -0.2) is 95.5 Å². The van der Waals surface area contributed by atoms with Crippen LogP contribution in [0.3, 0.4) is 0 Å². The first kappa shape index (κ1) is 42.9. The van der Waals surface area contributed by atoms with Crippen LogP contribution in [0.25, 0.3) is 11.5 Å². The molecule has 0 saturated carbocycles. The average molecular weight is 752 g/mol. The molecule has 0 aliphatic carbocycles. The number of nitrogens with zero attached hydrogens (tertiary/aromatic N) is 4. The number of likely N-dealkylation sites (tertiary alicyclic amines) is 1. The van der Waals surface area contributed by atoms with Crippen molar-refractivity contribution in [2.45, 2.75) is 105 Å². The number of ketones is 1. The molecule has 2 atom stereocenters. The average Bonchev–Trinajstić information content (AvgIpc) is 3.81. The van der Waals surface area contributed by atoms with E-state index in [2.05, 4.69) is 31.1 Å². The Balaban J connectivity index is 0.000000303. The van der Waals surface area contributed by atoms with Crippen molar-refractivity contribution in [2.75, 3.05) is 13.1 Å². The molecule has 0 bridgehead atoms. The van der Waals surface area contributed by atoms with Crippen molar-refractivity contribution in [1.82, 2.24) is 36.0 Å². The van der Waals surface area contributed by atoms with Crippen molar-refractivity contribution in [3.05, 3.63) is 48.1 Å². The lowest BCUT2D eigenvalue weighted by molar-refractivity contribution is -0.136. The van der Waals surface area contributed by atoms with Gasteiger partial charge >= 0.3 is 0 Å². The zero-order valence-electron chi connectivity index (χ0n) is 32.0. The van der Waals surface area contributed by atoms with Gasteiger partial charge in [-0.3, -0.25) is 24.0 Å². The lowest BCUT2D eigenvalue weighted by atomic mass is 9.96. The standard InChI is InChI=1S/C23H36N4O4.C15H17N3O5/c1-16(2)20(22(31)27-13-7-8-14-27)25-19(29)9-5-6-12-23(3,4)26-21(30)18-11-10-17(28)15-24-18;1-7(2)12(16-8(3)19)13(22)15-18-17-14(23-15)9-4-10(20)6-11(21)5-9/h10-11,15-16,20,28H,5-9,12-14H2,1-4H3,(H,25,29)(H,26,30);4-7,12,20-21H,1-3H3,(H,16,19). The van der Waals surface area contributed by atoms with E-state index in [4.69, 9.17) is 4.42 Å². The molecule has 1 aliphatic heterocycles. The van der Waals surface area contributed by atoms with Gasteiger partial charge in [-0.15, -0.1) is 10.2 Å². The molecule has 54 heavy (non-hydrogen) atoms. The molecule has 4 rings (SSSR count). The Labute approximate surface area is 315 Å². The van der Waals surface area contributed by atoms with Gasteiger partial charge in [0.05, 0.1) is 12.2 Å². The number of pyridine rings is 1. The number of hydrogen-bond acceptors (Lipinski definition) is 12. The summed E-state index contributed by atoms with van der Waals surface area (Å²) in [6.07, 6.45) is 5.77. The first-order valence-electron chi connectivity index (χ1n) is 18.1. The maximum Gasteiger partial charge on any atom is 0.286 e. The topological polar surface area (TPSA) is 237 Å². The van der Waals surface area contributed by atoms with Gasteiger partial charge in [0.25, 0.3) is 11.8 Å². The molecule has 1 fully saturated rings. The molecular formula is C38H53N7O9. The van der Waals surface area contributed by atoms with Crippen LogP contribution in [0.4, 0.5) is 0 Å². The molecule has 6 N–H and O–H groups in total. The number of carbonyl (C=O) groups is 5. The summed E-state index contributed by atoms with van der Waals surface area (Å²) in [5.74, 6) is -1.97. The number of unbranched alkanes of at least 4 members (excludes halogenated alkanes) is 1. The van der Waals surface area contributed by atoms with Gasteiger partial charge in [-0.25, -0.2) is 4.98 Å². The van der Waals surface area contributed by atoms with Gasteiger partial charge in [-0.1, -0.05) is 34.1 Å². The van der Waals surface area contributed by atoms with Crippen molar-refractivity contribution in [2.24, 2.45) is 11.8 Å². The fraction of sp³-hybridized carbons (Fsp3) is 0.526. The van der Waals surface area contributed by atoms with Crippen LogP contribution in [-0.2, 0) is 14.4 Å². The van der Waals surface area contributed by atoms with Crippen molar-refractivity contribution in [1.29, 1.82) is 0 Å². The molecule has 1 aliphatic rings. The molecule has 1 aromatic carbocycles. The summed E-state index contributed by atoms with van der Waals surface area (Å²) in [6, 6.07) is 5.42. The summed E-state index contributed by atoms with van der Waals surface area (Å²) < 4.78 is 5.31. The predicted octanol–water partition coefficient (Wildman–Crippen LogP) is 4.11. The summed E-state index contributed by atoms with van der Waals surface area (Å²) >= 11 is 0. The summed E-state index contributed by atoms with van der Waals surface area (Å²) in [5, 5.41) is 44.0. The minimum atomic E-state index is -0.779. The first-order valence-corrected chi connectivity index (χ1v) is 18.1. The second-order valence-electron chi connectivity index (χ2n) is 14.7. The van der Waals surface area contributed by atoms with Crippen molar-refractivity contribution in [3.8, 4) is 28.7 Å². The largest absolute Gasteiger partial charge is 0.508 e. The van der Waals surface area contributed by atoms with Crippen LogP contribution in [0, 0.1) is 11.8 Å². The zero-order valence-corrected chi connectivity index (χ0v) is 32.0. The number of rotatable bonds is 15. The van der Waals surface area contributed by atoms with Gasteiger partial charge in [-0.05, 0) is 75.6 Å². The van der Waals surface area contributed by atoms with E-state index in [0.29, 0.717) is 19.3 Å². The number of aromatic hydroxyl groups is 3. The summed E-state index contributed by atoms with van der Waals surface area (Å²) in [6.45, 7) is 14.2. The van der Waals surface area contributed by atoms with Gasteiger partial charge in [0.2, 0.25) is 29.4 Å². The molecule has 0 radical (unpaired) electrons. The van der Waals surface area contributed by atoms with Gasteiger partial charge in [0.1, 0.15) is 29.0 Å². The number of nitrogens with one attached hydrogen (secondary N) is 3. The quantitative estimate of drug-likeness (QED) is 0.0951. The fourth-order valence-corrected chi connectivity index (χ4v) is 5.75.